The van der Waals surface area contributed by atoms with E-state index in [1.807, 2.05) is 48.9 Å². The summed E-state index contributed by atoms with van der Waals surface area (Å²) >= 11 is 0. The van der Waals surface area contributed by atoms with Crippen molar-refractivity contribution in [2.75, 3.05) is 45.9 Å². The number of rotatable bonds is 8. The summed E-state index contributed by atoms with van der Waals surface area (Å²) < 4.78 is 7.33. The largest absolute Gasteiger partial charge is 0.384 e. The lowest BCUT2D eigenvalue weighted by atomic mass is 9.96. The van der Waals surface area contributed by atoms with Gasteiger partial charge in [-0.25, -0.2) is 4.99 Å². The third-order valence-electron chi connectivity index (χ3n) is 5.38. The average molecular weight is 416 g/mol. The number of hydrogen-bond acceptors (Lipinski definition) is 6. The van der Waals surface area contributed by atoms with Gasteiger partial charge in [-0.05, 0) is 19.4 Å². The Hall–Kier alpha value is -2.49. The Morgan fingerprint density at radius 3 is 2.60 bits per heavy atom. The minimum atomic E-state index is -1.02. The first kappa shape index (κ1) is 22.2. The zero-order valence-electron chi connectivity index (χ0n) is 18.1. The van der Waals surface area contributed by atoms with Crippen LogP contribution in [0.15, 0.2) is 35.3 Å². The van der Waals surface area contributed by atoms with Crippen LogP contribution in [0.25, 0.3) is 0 Å². The van der Waals surface area contributed by atoms with Gasteiger partial charge < -0.3 is 25.0 Å². The van der Waals surface area contributed by atoms with Gasteiger partial charge in [0.15, 0.2) is 11.8 Å². The van der Waals surface area contributed by atoms with Crippen LogP contribution >= 0.6 is 0 Å². The van der Waals surface area contributed by atoms with Crippen molar-refractivity contribution in [3.8, 4) is 0 Å². The molecular formula is C21H33N7O2. The topological polar surface area (TPSA) is 99.8 Å². The number of aliphatic hydroxyl groups is 1. The Kier molecular flexibility index (Phi) is 7.78. The summed E-state index contributed by atoms with van der Waals surface area (Å²) in [7, 11) is 1.93. The molecule has 1 aliphatic heterocycles. The molecule has 1 aliphatic rings. The van der Waals surface area contributed by atoms with Crippen LogP contribution in [0.5, 0.6) is 0 Å². The monoisotopic (exact) mass is 415 g/mol. The van der Waals surface area contributed by atoms with Crippen LogP contribution in [0.3, 0.4) is 0 Å². The molecular weight excluding hydrogens is 382 g/mol. The highest BCUT2D eigenvalue weighted by Gasteiger charge is 2.23. The van der Waals surface area contributed by atoms with Crippen molar-refractivity contribution in [1.29, 1.82) is 0 Å². The molecule has 0 spiro atoms. The lowest BCUT2D eigenvalue weighted by Crippen LogP contribution is -2.47. The zero-order chi connectivity index (χ0) is 21.4. The Bertz CT molecular complexity index is 814. The molecule has 1 unspecified atom stereocenters. The Balaban J connectivity index is 1.61. The van der Waals surface area contributed by atoms with Crippen LogP contribution in [0.4, 0.5) is 0 Å². The predicted molar refractivity (Wildman–Crippen MR) is 116 cm³/mol. The SMILES string of the molecule is Cc1nnc(CN=C(NCCN2CCOCC2)NCC(C)(O)c2ccccc2)n1C. The lowest BCUT2D eigenvalue weighted by Gasteiger charge is -2.28. The summed E-state index contributed by atoms with van der Waals surface area (Å²) in [5.41, 5.74) is -0.163. The minimum Gasteiger partial charge on any atom is -0.384 e. The summed E-state index contributed by atoms with van der Waals surface area (Å²) in [5.74, 6) is 2.28. The van der Waals surface area contributed by atoms with Crippen molar-refractivity contribution in [2.45, 2.75) is 26.0 Å². The molecule has 0 bridgehead atoms. The zero-order valence-corrected chi connectivity index (χ0v) is 18.1. The van der Waals surface area contributed by atoms with Crippen LogP contribution in [0, 0.1) is 6.92 Å². The van der Waals surface area contributed by atoms with Crippen LogP contribution < -0.4 is 10.6 Å². The van der Waals surface area contributed by atoms with Gasteiger partial charge in [-0.1, -0.05) is 30.3 Å². The van der Waals surface area contributed by atoms with Gasteiger partial charge in [-0.2, -0.15) is 0 Å². The van der Waals surface area contributed by atoms with E-state index in [0.717, 1.165) is 56.6 Å². The van der Waals surface area contributed by atoms with Gasteiger partial charge in [0.05, 0.1) is 19.8 Å². The van der Waals surface area contributed by atoms with E-state index in [0.29, 0.717) is 19.0 Å². The molecule has 164 valence electrons. The fraction of sp³-hybridized carbons (Fsp3) is 0.571. The van der Waals surface area contributed by atoms with Crippen LogP contribution in [-0.2, 0) is 23.9 Å². The van der Waals surface area contributed by atoms with Gasteiger partial charge in [0.1, 0.15) is 18.0 Å². The lowest BCUT2D eigenvalue weighted by molar-refractivity contribution is 0.0388. The van der Waals surface area contributed by atoms with Crippen LogP contribution in [0.1, 0.15) is 24.1 Å². The van der Waals surface area contributed by atoms with Crippen molar-refractivity contribution >= 4 is 5.96 Å². The van der Waals surface area contributed by atoms with Crippen molar-refractivity contribution in [1.82, 2.24) is 30.3 Å². The third-order valence-corrected chi connectivity index (χ3v) is 5.38. The fourth-order valence-corrected chi connectivity index (χ4v) is 3.23. The second-order valence-electron chi connectivity index (χ2n) is 7.76. The van der Waals surface area contributed by atoms with Crippen molar-refractivity contribution < 1.29 is 9.84 Å². The van der Waals surface area contributed by atoms with Crippen molar-refractivity contribution in [3.05, 3.63) is 47.5 Å². The molecule has 1 fully saturated rings. The van der Waals surface area contributed by atoms with E-state index < -0.39 is 5.60 Å². The maximum absolute atomic E-state index is 10.9. The number of guanidine groups is 1. The summed E-state index contributed by atoms with van der Waals surface area (Å²) in [6, 6.07) is 9.64. The molecule has 1 saturated heterocycles. The van der Waals surface area contributed by atoms with Gasteiger partial charge in [0.2, 0.25) is 0 Å². The molecule has 1 aromatic heterocycles. The number of ether oxygens (including phenoxy) is 1. The second-order valence-corrected chi connectivity index (χ2v) is 7.76. The van der Waals surface area contributed by atoms with E-state index in [2.05, 4.69) is 30.7 Å². The molecule has 1 aromatic carbocycles. The quantitative estimate of drug-likeness (QED) is 0.424. The third kappa shape index (κ3) is 6.25. The highest BCUT2D eigenvalue weighted by atomic mass is 16.5. The van der Waals surface area contributed by atoms with Gasteiger partial charge in [-0.15, -0.1) is 10.2 Å². The molecule has 3 N–H and O–H groups in total. The summed E-state index contributed by atoms with van der Waals surface area (Å²) in [5, 5.41) is 25.8. The van der Waals surface area contributed by atoms with Crippen LogP contribution in [-0.4, -0.2) is 76.7 Å². The molecule has 0 aliphatic carbocycles. The normalized spacial score (nSPS) is 17.5. The summed E-state index contributed by atoms with van der Waals surface area (Å²) in [6.45, 7) is 9.55. The Labute approximate surface area is 178 Å². The van der Waals surface area contributed by atoms with E-state index in [1.54, 1.807) is 6.92 Å². The van der Waals surface area contributed by atoms with E-state index in [1.165, 1.54) is 0 Å². The molecule has 0 radical (unpaired) electrons. The molecule has 2 aromatic rings. The average Bonchev–Trinajstić information content (AvgIpc) is 3.09. The molecule has 2 heterocycles. The van der Waals surface area contributed by atoms with Gasteiger partial charge in [-0.3, -0.25) is 4.90 Å². The predicted octanol–water partition coefficient (Wildman–Crippen LogP) is 0.399. The molecule has 30 heavy (non-hydrogen) atoms. The van der Waals surface area contributed by atoms with E-state index in [9.17, 15) is 5.11 Å². The highest BCUT2D eigenvalue weighted by molar-refractivity contribution is 5.79. The van der Waals surface area contributed by atoms with E-state index in [-0.39, 0.29) is 0 Å². The summed E-state index contributed by atoms with van der Waals surface area (Å²) in [6.07, 6.45) is 0. The molecule has 1 atom stereocenters. The van der Waals surface area contributed by atoms with E-state index >= 15 is 0 Å². The number of nitrogens with zero attached hydrogens (tertiary/aromatic N) is 5. The van der Waals surface area contributed by atoms with Gasteiger partial charge >= 0.3 is 0 Å². The number of morpholine rings is 1. The second kappa shape index (κ2) is 10.5. The molecule has 3 rings (SSSR count). The van der Waals surface area contributed by atoms with Crippen molar-refractivity contribution in [2.24, 2.45) is 12.0 Å². The Morgan fingerprint density at radius 1 is 1.20 bits per heavy atom. The standard InChI is InChI=1S/C21H33N7O2/c1-17-25-26-19(27(17)3)15-23-20(22-9-10-28-11-13-30-14-12-28)24-16-21(2,29)18-7-5-4-6-8-18/h4-8,29H,9-16H2,1-3H3,(H2,22,23,24). The smallest absolute Gasteiger partial charge is 0.191 e. The first-order valence-corrected chi connectivity index (χ1v) is 10.4. The molecule has 0 saturated carbocycles. The number of aryl methyl sites for hydroxylation is 1. The number of aromatic nitrogens is 3. The minimum absolute atomic E-state index is 0.332. The first-order chi connectivity index (χ1) is 14.5. The molecule has 0 amide bonds. The maximum atomic E-state index is 10.9. The number of benzene rings is 1. The first-order valence-electron chi connectivity index (χ1n) is 10.4. The molecule has 9 nitrogen and oxygen atoms in total. The summed E-state index contributed by atoms with van der Waals surface area (Å²) in [4.78, 5) is 7.03. The van der Waals surface area contributed by atoms with Gasteiger partial charge in [0.25, 0.3) is 0 Å². The number of nitrogens with one attached hydrogen (secondary N) is 2. The Morgan fingerprint density at radius 2 is 1.93 bits per heavy atom. The molecule has 9 heteroatoms. The number of hydrogen-bond donors (Lipinski definition) is 3. The number of aliphatic imine (C=N–C) groups is 1. The van der Waals surface area contributed by atoms with Gasteiger partial charge in [0, 0.05) is 33.2 Å². The fourth-order valence-electron chi connectivity index (χ4n) is 3.23. The maximum Gasteiger partial charge on any atom is 0.191 e. The van der Waals surface area contributed by atoms with Crippen LogP contribution in [0.2, 0.25) is 0 Å². The van der Waals surface area contributed by atoms with Crippen molar-refractivity contribution in [3.63, 3.8) is 0 Å². The highest BCUT2D eigenvalue weighted by Crippen LogP contribution is 2.18. The van der Waals surface area contributed by atoms with E-state index in [4.69, 9.17) is 4.74 Å².